The van der Waals surface area contributed by atoms with Crippen molar-refractivity contribution in [2.75, 3.05) is 52.5 Å². The van der Waals surface area contributed by atoms with E-state index in [1.165, 1.54) is 12.8 Å². The fourth-order valence-corrected chi connectivity index (χ4v) is 4.74. The number of likely N-dealkylation sites (tertiary alicyclic amines) is 2. The summed E-state index contributed by atoms with van der Waals surface area (Å²) in [6.07, 6.45) is 4.52. The first-order valence-corrected chi connectivity index (χ1v) is 10.4. The van der Waals surface area contributed by atoms with E-state index < -0.39 is 0 Å². The van der Waals surface area contributed by atoms with Crippen molar-refractivity contribution in [3.05, 3.63) is 17.5 Å². The minimum absolute atomic E-state index is 0.173. The van der Waals surface area contributed by atoms with Gasteiger partial charge in [0.05, 0.1) is 31.4 Å². The lowest BCUT2D eigenvalue weighted by Gasteiger charge is -2.42. The summed E-state index contributed by atoms with van der Waals surface area (Å²) in [6.45, 7) is 9.95. The van der Waals surface area contributed by atoms with Gasteiger partial charge in [0, 0.05) is 44.8 Å². The number of carbonyl (C=O) groups excluding carboxylic acids is 1. The third-order valence-electron chi connectivity index (χ3n) is 6.25. The Bertz CT molecular complexity index is 620. The molecule has 0 spiro atoms. The average molecular weight is 377 g/mol. The molecule has 3 fully saturated rings. The van der Waals surface area contributed by atoms with Gasteiger partial charge in [-0.05, 0) is 39.2 Å². The van der Waals surface area contributed by atoms with Gasteiger partial charge in [-0.1, -0.05) is 5.16 Å². The Morgan fingerprint density at radius 3 is 2.63 bits per heavy atom. The van der Waals surface area contributed by atoms with E-state index in [4.69, 9.17) is 9.26 Å². The van der Waals surface area contributed by atoms with Crippen LogP contribution >= 0.6 is 0 Å². The number of rotatable bonds is 4. The highest BCUT2D eigenvalue weighted by Gasteiger charge is 2.34. The average Bonchev–Trinajstić information content (AvgIpc) is 3.13. The van der Waals surface area contributed by atoms with Gasteiger partial charge in [0.15, 0.2) is 5.76 Å². The predicted molar refractivity (Wildman–Crippen MR) is 101 cm³/mol. The zero-order chi connectivity index (χ0) is 18.6. The van der Waals surface area contributed by atoms with Gasteiger partial charge in [-0.2, -0.15) is 0 Å². The molecule has 1 aromatic rings. The van der Waals surface area contributed by atoms with Crippen molar-refractivity contribution in [3.63, 3.8) is 0 Å². The number of hydrogen-bond acceptors (Lipinski definition) is 6. The van der Waals surface area contributed by atoms with E-state index in [0.717, 1.165) is 70.1 Å². The second kappa shape index (κ2) is 8.71. The minimum atomic E-state index is 0.173. The summed E-state index contributed by atoms with van der Waals surface area (Å²) in [5.41, 5.74) is 0.948. The molecule has 0 bridgehead atoms. The molecule has 0 N–H and O–H groups in total. The topological polar surface area (TPSA) is 62.0 Å². The molecule has 7 nitrogen and oxygen atoms in total. The summed E-state index contributed by atoms with van der Waals surface area (Å²) >= 11 is 0. The van der Waals surface area contributed by atoms with E-state index in [2.05, 4.69) is 15.0 Å². The first-order chi connectivity index (χ1) is 13.2. The van der Waals surface area contributed by atoms with Crippen LogP contribution in [0.1, 0.15) is 37.1 Å². The lowest BCUT2D eigenvalue weighted by molar-refractivity contribution is -0.142. The van der Waals surface area contributed by atoms with Gasteiger partial charge in [-0.15, -0.1) is 0 Å². The number of hydrogen-bond donors (Lipinski definition) is 0. The number of amides is 1. The third kappa shape index (κ3) is 4.70. The van der Waals surface area contributed by atoms with Gasteiger partial charge < -0.3 is 14.2 Å². The molecule has 4 rings (SSSR count). The molecule has 7 heteroatoms. The monoisotopic (exact) mass is 376 g/mol. The summed E-state index contributed by atoms with van der Waals surface area (Å²) in [6, 6.07) is 2.64. The SMILES string of the molecule is Cc1cc(CN2CCC(N3CCC[C@H](C(=O)N4CCOCC4)C3)CC2)on1. The summed E-state index contributed by atoms with van der Waals surface area (Å²) in [5.74, 6) is 1.48. The maximum atomic E-state index is 12.9. The Morgan fingerprint density at radius 2 is 1.93 bits per heavy atom. The van der Waals surface area contributed by atoms with E-state index in [1.807, 2.05) is 17.9 Å². The molecule has 150 valence electrons. The number of aryl methyl sites for hydroxylation is 1. The summed E-state index contributed by atoms with van der Waals surface area (Å²) in [7, 11) is 0. The van der Waals surface area contributed by atoms with Gasteiger partial charge in [-0.3, -0.25) is 14.6 Å². The van der Waals surface area contributed by atoms with Crippen molar-refractivity contribution in [2.24, 2.45) is 5.92 Å². The molecule has 3 saturated heterocycles. The summed E-state index contributed by atoms with van der Waals surface area (Å²) in [4.78, 5) is 19.9. The highest BCUT2D eigenvalue weighted by molar-refractivity contribution is 5.79. The lowest BCUT2D eigenvalue weighted by Crippen LogP contribution is -2.52. The number of piperidine rings is 2. The van der Waals surface area contributed by atoms with Crippen LogP contribution in [0.15, 0.2) is 10.6 Å². The van der Waals surface area contributed by atoms with E-state index in [-0.39, 0.29) is 5.92 Å². The Labute approximate surface area is 161 Å². The zero-order valence-corrected chi connectivity index (χ0v) is 16.4. The van der Waals surface area contributed by atoms with Crippen LogP contribution in [0.25, 0.3) is 0 Å². The molecule has 0 saturated carbocycles. The molecule has 1 aromatic heterocycles. The van der Waals surface area contributed by atoms with Crippen LogP contribution in [0, 0.1) is 12.8 Å². The molecule has 27 heavy (non-hydrogen) atoms. The fourth-order valence-electron chi connectivity index (χ4n) is 4.74. The van der Waals surface area contributed by atoms with E-state index in [1.54, 1.807) is 0 Å². The maximum Gasteiger partial charge on any atom is 0.227 e. The molecule has 4 heterocycles. The zero-order valence-electron chi connectivity index (χ0n) is 16.4. The van der Waals surface area contributed by atoms with Crippen molar-refractivity contribution < 1.29 is 14.1 Å². The summed E-state index contributed by atoms with van der Waals surface area (Å²) in [5, 5.41) is 3.98. The first-order valence-electron chi connectivity index (χ1n) is 10.4. The molecule has 0 aromatic carbocycles. The second-order valence-electron chi connectivity index (χ2n) is 8.21. The Kier molecular flexibility index (Phi) is 6.10. The van der Waals surface area contributed by atoms with E-state index >= 15 is 0 Å². The van der Waals surface area contributed by atoms with Gasteiger partial charge in [0.2, 0.25) is 5.91 Å². The molecule has 1 amide bonds. The number of nitrogens with zero attached hydrogens (tertiary/aromatic N) is 4. The van der Waals surface area contributed by atoms with E-state index in [0.29, 0.717) is 25.2 Å². The molecule has 0 aliphatic carbocycles. The number of ether oxygens (including phenoxy) is 1. The molecule has 3 aliphatic rings. The van der Waals surface area contributed by atoms with E-state index in [9.17, 15) is 4.79 Å². The van der Waals surface area contributed by atoms with Crippen molar-refractivity contribution in [2.45, 2.75) is 45.2 Å². The molecule has 0 unspecified atom stereocenters. The van der Waals surface area contributed by atoms with Crippen LogP contribution in [-0.4, -0.2) is 84.3 Å². The van der Waals surface area contributed by atoms with Crippen LogP contribution in [0.3, 0.4) is 0 Å². The van der Waals surface area contributed by atoms with Gasteiger partial charge in [-0.25, -0.2) is 0 Å². The van der Waals surface area contributed by atoms with Crippen LogP contribution < -0.4 is 0 Å². The molecule has 3 aliphatic heterocycles. The first kappa shape index (κ1) is 18.9. The fraction of sp³-hybridized carbons (Fsp3) is 0.800. The second-order valence-corrected chi connectivity index (χ2v) is 8.21. The van der Waals surface area contributed by atoms with Crippen molar-refractivity contribution in [1.82, 2.24) is 19.9 Å². The van der Waals surface area contributed by atoms with Crippen molar-refractivity contribution in [1.29, 1.82) is 0 Å². The van der Waals surface area contributed by atoms with Crippen LogP contribution in [-0.2, 0) is 16.1 Å². The van der Waals surface area contributed by atoms with Gasteiger partial charge in [0.25, 0.3) is 0 Å². The maximum absolute atomic E-state index is 12.9. The van der Waals surface area contributed by atoms with Crippen LogP contribution in [0.5, 0.6) is 0 Å². The van der Waals surface area contributed by atoms with Crippen molar-refractivity contribution >= 4 is 5.91 Å². The Hall–Kier alpha value is -1.44. The normalized spacial score (nSPS) is 26.4. The predicted octanol–water partition coefficient (Wildman–Crippen LogP) is 1.52. The molecule has 0 radical (unpaired) electrons. The number of carbonyl (C=O) groups is 1. The molecular formula is C20H32N4O3. The quantitative estimate of drug-likeness (QED) is 0.794. The minimum Gasteiger partial charge on any atom is -0.378 e. The number of morpholine rings is 1. The molecule has 1 atom stereocenters. The Morgan fingerprint density at radius 1 is 1.15 bits per heavy atom. The third-order valence-corrected chi connectivity index (χ3v) is 6.25. The highest BCUT2D eigenvalue weighted by Crippen LogP contribution is 2.26. The standard InChI is InChI=1S/C20H32N4O3/c1-16-13-19(27-21-16)15-22-7-4-18(5-8-22)24-6-2-3-17(14-24)20(25)23-9-11-26-12-10-23/h13,17-18H,2-12,14-15H2,1H3/t17-/m0/s1. The number of aromatic nitrogens is 1. The molecular weight excluding hydrogens is 344 g/mol. The lowest BCUT2D eigenvalue weighted by atomic mass is 9.92. The summed E-state index contributed by atoms with van der Waals surface area (Å²) < 4.78 is 10.7. The smallest absolute Gasteiger partial charge is 0.227 e. The van der Waals surface area contributed by atoms with Crippen LogP contribution in [0.2, 0.25) is 0 Å². The highest BCUT2D eigenvalue weighted by atomic mass is 16.5. The van der Waals surface area contributed by atoms with Gasteiger partial charge in [0.1, 0.15) is 0 Å². The van der Waals surface area contributed by atoms with Crippen molar-refractivity contribution in [3.8, 4) is 0 Å². The Balaban J connectivity index is 1.26. The largest absolute Gasteiger partial charge is 0.378 e. The van der Waals surface area contributed by atoms with Crippen LogP contribution in [0.4, 0.5) is 0 Å². The van der Waals surface area contributed by atoms with Gasteiger partial charge >= 0.3 is 0 Å².